The summed E-state index contributed by atoms with van der Waals surface area (Å²) in [5.74, 6) is -5.06. The van der Waals surface area contributed by atoms with Crippen molar-refractivity contribution in [2.45, 2.75) is 144 Å². The summed E-state index contributed by atoms with van der Waals surface area (Å²) in [5.41, 5.74) is 0.183. The number of carbonyl (C=O) groups excluding carboxylic acids is 7. The van der Waals surface area contributed by atoms with E-state index in [0.29, 0.717) is 22.6 Å². The standard InChI is InChI=1S/C45H68ClIN6O9/c1-14-26(5)37-41(57)51-45(10,11)44(60)61-38(27(6)15-2)29(8)35(62-47)21-16-28(7)39(55)49-33(22-25(3)4)40(56)48-30(9)42(58)53(13)34(23-31-17-19-32(46)20-18-31)43(59)52(12)24-36(54)50-37/h15-20,25-26,29-30,33-35,37-38H,14,21-24H2,1-13H3,(H,48,56)(H,49,55)(H,50,54)(H,51,57)/b27-15+,28-16+/t26-,29-,30-,33+,34+,35-,37?,38+/m0/s1. The van der Waals surface area contributed by atoms with Crippen LogP contribution in [0.3, 0.4) is 0 Å². The molecule has 2 rings (SSSR count). The molecule has 0 spiro atoms. The molecule has 0 fully saturated rings. The maximum atomic E-state index is 14.2. The van der Waals surface area contributed by atoms with Crippen LogP contribution < -0.4 is 21.3 Å². The van der Waals surface area contributed by atoms with Gasteiger partial charge in [0.1, 0.15) is 58.8 Å². The van der Waals surface area contributed by atoms with Crippen LogP contribution in [-0.4, -0.2) is 114 Å². The Morgan fingerprint density at radius 2 is 1.60 bits per heavy atom. The summed E-state index contributed by atoms with van der Waals surface area (Å²) in [5, 5.41) is 11.6. The van der Waals surface area contributed by atoms with Crippen molar-refractivity contribution in [3.05, 3.63) is 58.1 Å². The van der Waals surface area contributed by atoms with Gasteiger partial charge < -0.3 is 38.9 Å². The van der Waals surface area contributed by atoms with Crippen LogP contribution in [0.25, 0.3) is 0 Å². The monoisotopic (exact) mass is 998 g/mol. The summed E-state index contributed by atoms with van der Waals surface area (Å²) in [7, 11) is 2.86. The fraction of sp³-hybridized carbons (Fsp3) is 0.622. The van der Waals surface area contributed by atoms with Crippen molar-refractivity contribution in [1.29, 1.82) is 0 Å². The topological polar surface area (TPSA) is 193 Å². The van der Waals surface area contributed by atoms with Gasteiger partial charge in [-0.1, -0.05) is 76.9 Å². The van der Waals surface area contributed by atoms with E-state index in [0.717, 1.165) is 5.57 Å². The van der Waals surface area contributed by atoms with Gasteiger partial charge in [0.05, 0.1) is 12.6 Å². The molecule has 1 aliphatic rings. The predicted molar refractivity (Wildman–Crippen MR) is 248 cm³/mol. The average molecular weight is 999 g/mol. The number of allylic oxidation sites excluding steroid dienone is 1. The highest BCUT2D eigenvalue weighted by Crippen LogP contribution is 2.28. The van der Waals surface area contributed by atoms with E-state index < -0.39 is 95.8 Å². The van der Waals surface area contributed by atoms with Crippen LogP contribution in [0.2, 0.25) is 5.02 Å². The summed E-state index contributed by atoms with van der Waals surface area (Å²) in [6, 6.07) is 2.43. The lowest BCUT2D eigenvalue weighted by molar-refractivity contribution is -0.159. The van der Waals surface area contributed by atoms with Gasteiger partial charge in [0.15, 0.2) is 0 Å². The average Bonchev–Trinajstić information content (AvgIpc) is 3.21. The molecule has 0 bridgehead atoms. The molecule has 8 atom stereocenters. The van der Waals surface area contributed by atoms with E-state index in [1.54, 1.807) is 67.2 Å². The number of esters is 1. The molecule has 1 aromatic carbocycles. The molecule has 1 aliphatic heterocycles. The Hall–Kier alpha value is -4.03. The van der Waals surface area contributed by atoms with E-state index in [-0.39, 0.29) is 31.1 Å². The van der Waals surface area contributed by atoms with Crippen molar-refractivity contribution >= 4 is 76.0 Å². The third kappa shape index (κ3) is 15.6. The van der Waals surface area contributed by atoms with Gasteiger partial charge in [-0.05, 0) is 89.5 Å². The highest BCUT2D eigenvalue weighted by atomic mass is 127. The minimum atomic E-state index is -1.55. The zero-order chi connectivity index (χ0) is 47.2. The first-order valence-electron chi connectivity index (χ1n) is 21.1. The number of hydrogen-bond donors (Lipinski definition) is 4. The van der Waals surface area contributed by atoms with Gasteiger partial charge in [0.25, 0.3) is 0 Å². The van der Waals surface area contributed by atoms with E-state index in [9.17, 15) is 33.6 Å². The third-order valence-electron chi connectivity index (χ3n) is 11.3. The molecular weight excluding hydrogens is 931 g/mol. The minimum Gasteiger partial charge on any atom is -0.456 e. The molecule has 1 unspecified atom stereocenters. The number of amides is 6. The SMILES string of the molecule is C/C=C(\C)[C@H]1OC(=O)C(C)(C)NC(=O)C([C@@H](C)CC)NC(=O)CN(C)C(=O)[C@@H](Cc2ccc(Cl)cc2)N(C)C(=O)[C@H](C)NC(=O)[C@@H](CC(C)C)NC(=O)/C(C)=C/C[C@H](OI)[C@@H]1C. The second-order valence-electron chi connectivity index (χ2n) is 17.4. The quantitative estimate of drug-likeness (QED) is 0.154. The molecule has 0 saturated carbocycles. The van der Waals surface area contributed by atoms with Crippen molar-refractivity contribution in [1.82, 2.24) is 31.1 Å². The third-order valence-corrected chi connectivity index (χ3v) is 12.3. The van der Waals surface area contributed by atoms with Crippen molar-refractivity contribution < 1.29 is 41.4 Å². The van der Waals surface area contributed by atoms with Crippen molar-refractivity contribution in [3.8, 4) is 0 Å². The molecule has 0 aromatic heterocycles. The van der Waals surface area contributed by atoms with Gasteiger partial charge in [-0.2, -0.15) is 0 Å². The van der Waals surface area contributed by atoms with Crippen LogP contribution in [0.1, 0.15) is 101 Å². The highest BCUT2D eigenvalue weighted by molar-refractivity contribution is 14.1. The van der Waals surface area contributed by atoms with Gasteiger partial charge in [0.2, 0.25) is 35.4 Å². The number of nitrogens with zero attached hydrogens (tertiary/aromatic N) is 2. The fourth-order valence-corrected chi connectivity index (χ4v) is 7.70. The second kappa shape index (κ2) is 24.7. The molecule has 0 saturated heterocycles. The zero-order valence-corrected chi connectivity index (χ0v) is 41.4. The van der Waals surface area contributed by atoms with Crippen LogP contribution in [0.15, 0.2) is 47.6 Å². The molecule has 0 aliphatic carbocycles. The molecule has 1 heterocycles. The molecule has 1 aromatic rings. The number of carbonyl (C=O) groups is 7. The van der Waals surface area contributed by atoms with Crippen molar-refractivity contribution in [2.24, 2.45) is 17.8 Å². The normalized spacial score (nSPS) is 27.7. The van der Waals surface area contributed by atoms with Gasteiger partial charge in [0, 0.05) is 37.0 Å². The Kier molecular flexibility index (Phi) is 21.6. The Morgan fingerprint density at radius 1 is 0.984 bits per heavy atom. The number of nitrogens with one attached hydrogen (secondary N) is 4. The minimum absolute atomic E-state index is 0.00983. The molecule has 6 amide bonds. The maximum absolute atomic E-state index is 14.2. The number of rotatable bonds is 8. The van der Waals surface area contributed by atoms with E-state index in [1.807, 2.05) is 47.6 Å². The lowest BCUT2D eigenvalue weighted by atomic mass is 9.90. The second-order valence-corrected chi connectivity index (χ2v) is 18.3. The Balaban J connectivity index is 2.70. The highest BCUT2D eigenvalue weighted by Gasteiger charge is 2.40. The molecule has 17 heteroatoms. The van der Waals surface area contributed by atoms with Crippen LogP contribution in [0.4, 0.5) is 0 Å². The van der Waals surface area contributed by atoms with E-state index in [1.165, 1.54) is 44.7 Å². The first-order chi connectivity index (χ1) is 28.9. The van der Waals surface area contributed by atoms with Gasteiger partial charge in [-0.15, -0.1) is 0 Å². The number of ether oxygens (including phenoxy) is 1. The Morgan fingerprint density at radius 3 is 2.15 bits per heavy atom. The molecule has 346 valence electrons. The van der Waals surface area contributed by atoms with E-state index in [4.69, 9.17) is 19.4 Å². The first kappa shape index (κ1) is 54.1. The van der Waals surface area contributed by atoms with Gasteiger partial charge >= 0.3 is 5.97 Å². The molecule has 15 nitrogen and oxygen atoms in total. The van der Waals surface area contributed by atoms with Gasteiger partial charge in [-0.3, -0.25) is 28.8 Å². The van der Waals surface area contributed by atoms with Crippen LogP contribution in [0.5, 0.6) is 0 Å². The molecule has 0 radical (unpaired) electrons. The zero-order valence-electron chi connectivity index (χ0n) is 38.5. The van der Waals surface area contributed by atoms with Crippen LogP contribution in [-0.2, 0) is 47.8 Å². The number of halogens is 2. The lowest BCUT2D eigenvalue weighted by Gasteiger charge is -2.34. The van der Waals surface area contributed by atoms with Crippen molar-refractivity contribution in [3.63, 3.8) is 0 Å². The van der Waals surface area contributed by atoms with Gasteiger partial charge in [-0.25, -0.2) is 4.79 Å². The summed E-state index contributed by atoms with van der Waals surface area (Å²) in [6.45, 7) is 18.6. The number of likely N-dealkylation sites (N-methyl/N-ethyl adjacent to an activating group) is 2. The lowest BCUT2D eigenvalue weighted by Crippen LogP contribution is -2.60. The Bertz CT molecular complexity index is 1820. The Labute approximate surface area is 386 Å². The molecule has 4 N–H and O–H groups in total. The smallest absolute Gasteiger partial charge is 0.331 e. The number of hydrogen-bond acceptors (Lipinski definition) is 9. The number of benzene rings is 1. The van der Waals surface area contributed by atoms with E-state index in [2.05, 4.69) is 21.3 Å². The fourth-order valence-electron chi connectivity index (χ4n) is 6.90. The maximum Gasteiger partial charge on any atom is 0.331 e. The van der Waals surface area contributed by atoms with Crippen LogP contribution >= 0.6 is 34.6 Å². The van der Waals surface area contributed by atoms with E-state index >= 15 is 0 Å². The largest absolute Gasteiger partial charge is 0.456 e. The summed E-state index contributed by atoms with van der Waals surface area (Å²) >= 11 is 7.91. The number of cyclic esters (lactones) is 1. The first-order valence-corrected chi connectivity index (χ1v) is 22.4. The predicted octanol–water partition coefficient (Wildman–Crippen LogP) is 5.23. The molecule has 62 heavy (non-hydrogen) atoms. The summed E-state index contributed by atoms with van der Waals surface area (Å²) in [4.78, 5) is 99.6. The molecular formula is C45H68ClIN6O9. The van der Waals surface area contributed by atoms with Crippen LogP contribution in [0, 0.1) is 17.8 Å². The summed E-state index contributed by atoms with van der Waals surface area (Å²) < 4.78 is 12.0. The summed E-state index contributed by atoms with van der Waals surface area (Å²) in [6.07, 6.45) is 3.24. The van der Waals surface area contributed by atoms with Crippen molar-refractivity contribution in [2.75, 3.05) is 20.6 Å².